The first-order valence-electron chi connectivity index (χ1n) is 11.4. The molecule has 0 saturated carbocycles. The summed E-state index contributed by atoms with van der Waals surface area (Å²) < 4.78 is 5.72. The number of ether oxygens (including phenoxy) is 1. The minimum atomic E-state index is 0.0432. The maximum Gasteiger partial charge on any atom is 0.122 e. The van der Waals surface area contributed by atoms with Gasteiger partial charge in [-0.25, -0.2) is 0 Å². The van der Waals surface area contributed by atoms with Gasteiger partial charge in [0.1, 0.15) is 12.4 Å². The summed E-state index contributed by atoms with van der Waals surface area (Å²) >= 11 is 0. The van der Waals surface area contributed by atoms with Crippen LogP contribution in [-0.2, 0) is 6.54 Å². The molecule has 162 valence electrons. The first kappa shape index (κ1) is 20.3. The lowest BCUT2D eigenvalue weighted by molar-refractivity contribution is 0.124. The Balaban J connectivity index is 1.27. The summed E-state index contributed by atoms with van der Waals surface area (Å²) in [7, 11) is 0. The number of hydrogen-bond acceptors (Lipinski definition) is 5. The van der Waals surface area contributed by atoms with Crippen LogP contribution in [0.2, 0.25) is 0 Å². The van der Waals surface area contributed by atoms with Crippen LogP contribution in [0.4, 0.5) is 5.69 Å². The van der Waals surface area contributed by atoms with Gasteiger partial charge in [-0.3, -0.25) is 9.88 Å². The molecule has 2 aromatic carbocycles. The van der Waals surface area contributed by atoms with Crippen molar-refractivity contribution in [3.05, 3.63) is 66.0 Å². The highest BCUT2D eigenvalue weighted by Gasteiger charge is 2.40. The van der Waals surface area contributed by atoms with Gasteiger partial charge >= 0.3 is 0 Å². The van der Waals surface area contributed by atoms with Crippen LogP contribution >= 0.6 is 0 Å². The zero-order chi connectivity index (χ0) is 21.2. The number of nitrogens with one attached hydrogen (secondary N) is 1. The van der Waals surface area contributed by atoms with Gasteiger partial charge in [0, 0.05) is 53.5 Å². The number of rotatable bonds is 7. The lowest BCUT2D eigenvalue weighted by Crippen LogP contribution is -2.46. The molecular weight excluding hydrogens is 386 g/mol. The molecule has 0 spiro atoms. The van der Waals surface area contributed by atoms with E-state index in [0.29, 0.717) is 24.7 Å². The van der Waals surface area contributed by atoms with E-state index < -0.39 is 0 Å². The summed E-state index contributed by atoms with van der Waals surface area (Å²) in [5.74, 6) is 0.890. The minimum Gasteiger partial charge on any atom is -0.491 e. The molecule has 2 N–H and O–H groups in total. The summed E-state index contributed by atoms with van der Waals surface area (Å²) in [5.41, 5.74) is 3.64. The topological polar surface area (TPSA) is 57.6 Å². The number of pyridine rings is 1. The summed E-state index contributed by atoms with van der Waals surface area (Å²) in [6.07, 6.45) is 8.73. The van der Waals surface area contributed by atoms with Crippen LogP contribution < -0.4 is 10.1 Å². The van der Waals surface area contributed by atoms with Crippen molar-refractivity contribution in [2.75, 3.05) is 18.5 Å². The van der Waals surface area contributed by atoms with Gasteiger partial charge in [-0.1, -0.05) is 24.3 Å². The lowest BCUT2D eigenvalue weighted by atomic mass is 9.95. The average Bonchev–Trinajstić information content (AvgIpc) is 3.01. The Bertz CT molecular complexity index is 1030. The third kappa shape index (κ3) is 4.25. The third-order valence-electron chi connectivity index (χ3n) is 6.89. The molecule has 3 aromatic rings. The van der Waals surface area contributed by atoms with Crippen LogP contribution in [0, 0.1) is 6.92 Å². The Hall–Kier alpha value is -2.63. The van der Waals surface area contributed by atoms with E-state index in [1.807, 2.05) is 12.4 Å². The fourth-order valence-electron chi connectivity index (χ4n) is 5.38. The minimum absolute atomic E-state index is 0.0432. The number of piperidine rings is 1. The molecular formula is C26H31N3O2. The number of aromatic nitrogens is 1. The number of nitrogens with zero attached hydrogens (tertiary/aromatic N) is 2. The van der Waals surface area contributed by atoms with E-state index in [1.165, 1.54) is 47.7 Å². The van der Waals surface area contributed by atoms with Gasteiger partial charge in [-0.2, -0.15) is 0 Å². The first-order chi connectivity index (χ1) is 15.2. The smallest absolute Gasteiger partial charge is 0.122 e. The van der Waals surface area contributed by atoms with Gasteiger partial charge in [0.05, 0.1) is 6.61 Å². The van der Waals surface area contributed by atoms with Gasteiger partial charge in [0.25, 0.3) is 0 Å². The largest absolute Gasteiger partial charge is 0.491 e. The van der Waals surface area contributed by atoms with E-state index in [2.05, 4.69) is 64.6 Å². The van der Waals surface area contributed by atoms with Crippen molar-refractivity contribution in [2.24, 2.45) is 0 Å². The van der Waals surface area contributed by atoms with E-state index in [1.54, 1.807) is 0 Å². The van der Waals surface area contributed by atoms with Crippen molar-refractivity contribution in [1.82, 2.24) is 9.88 Å². The maximum atomic E-state index is 9.07. The molecule has 2 saturated heterocycles. The molecule has 5 heteroatoms. The van der Waals surface area contributed by atoms with Gasteiger partial charge in [0.2, 0.25) is 0 Å². The van der Waals surface area contributed by atoms with Crippen LogP contribution in [-0.4, -0.2) is 46.3 Å². The molecule has 3 heterocycles. The van der Waals surface area contributed by atoms with E-state index in [0.717, 1.165) is 17.9 Å². The lowest BCUT2D eigenvalue weighted by Gasteiger charge is -2.39. The Morgan fingerprint density at radius 3 is 2.77 bits per heavy atom. The Morgan fingerprint density at radius 1 is 1.13 bits per heavy atom. The molecule has 2 bridgehead atoms. The highest BCUT2D eigenvalue weighted by molar-refractivity contribution is 5.93. The summed E-state index contributed by atoms with van der Waals surface area (Å²) in [5, 5.41) is 15.4. The Labute approximate surface area is 184 Å². The standard InChI is InChI=1S/C26H31N3O2/c1-18-5-6-19(13-26(18)31-12-11-30)17-29-22-7-8-23(29)15-21(14-22)28-25-4-2-3-20-16-27-10-9-24(20)25/h2-6,9-10,13,16,21-23,28,30H,7-8,11-12,14-15,17H2,1H3/t22-,23-/m1/s1. The van der Waals surface area contributed by atoms with Gasteiger partial charge in [-0.15, -0.1) is 0 Å². The predicted molar refractivity (Wildman–Crippen MR) is 125 cm³/mol. The van der Waals surface area contributed by atoms with Crippen LogP contribution in [0.25, 0.3) is 10.8 Å². The number of aryl methyl sites for hydroxylation is 1. The van der Waals surface area contributed by atoms with Crippen LogP contribution in [0.3, 0.4) is 0 Å². The second kappa shape index (κ2) is 8.85. The van der Waals surface area contributed by atoms with E-state index >= 15 is 0 Å². The first-order valence-corrected chi connectivity index (χ1v) is 11.4. The molecule has 0 amide bonds. The Morgan fingerprint density at radius 2 is 1.97 bits per heavy atom. The van der Waals surface area contributed by atoms with Crippen molar-refractivity contribution in [3.63, 3.8) is 0 Å². The second-order valence-corrected chi connectivity index (χ2v) is 8.94. The van der Waals surface area contributed by atoms with Crippen molar-refractivity contribution in [2.45, 2.75) is 57.3 Å². The highest BCUT2D eigenvalue weighted by Crippen LogP contribution is 2.39. The van der Waals surface area contributed by atoms with Crippen molar-refractivity contribution in [1.29, 1.82) is 0 Å². The number of aliphatic hydroxyl groups is 1. The molecule has 2 fully saturated rings. The van der Waals surface area contributed by atoms with Crippen molar-refractivity contribution >= 4 is 16.5 Å². The van der Waals surface area contributed by atoms with Gasteiger partial charge in [0.15, 0.2) is 0 Å². The van der Waals surface area contributed by atoms with Crippen LogP contribution in [0.5, 0.6) is 5.75 Å². The average molecular weight is 418 g/mol. The highest BCUT2D eigenvalue weighted by atomic mass is 16.5. The summed E-state index contributed by atoms with van der Waals surface area (Å²) in [4.78, 5) is 6.96. The fourth-order valence-corrected chi connectivity index (χ4v) is 5.38. The second-order valence-electron chi connectivity index (χ2n) is 8.94. The normalized spacial score (nSPS) is 23.2. The van der Waals surface area contributed by atoms with Crippen molar-refractivity contribution < 1.29 is 9.84 Å². The van der Waals surface area contributed by atoms with E-state index in [9.17, 15) is 0 Å². The molecule has 1 aromatic heterocycles. The number of fused-ring (bicyclic) bond motifs is 3. The molecule has 2 aliphatic heterocycles. The predicted octanol–water partition coefficient (Wildman–Crippen LogP) is 4.52. The van der Waals surface area contributed by atoms with Gasteiger partial charge in [-0.05, 0) is 61.9 Å². The van der Waals surface area contributed by atoms with E-state index in [4.69, 9.17) is 9.84 Å². The van der Waals surface area contributed by atoms with Crippen LogP contribution in [0.1, 0.15) is 36.8 Å². The molecule has 2 aliphatic rings. The summed E-state index contributed by atoms with van der Waals surface area (Å²) in [6, 6.07) is 16.8. The fraction of sp³-hybridized carbons (Fsp3) is 0.423. The monoisotopic (exact) mass is 417 g/mol. The van der Waals surface area contributed by atoms with Crippen LogP contribution in [0.15, 0.2) is 54.9 Å². The number of hydrogen-bond donors (Lipinski definition) is 2. The number of benzene rings is 2. The summed E-state index contributed by atoms with van der Waals surface area (Å²) in [6.45, 7) is 3.41. The SMILES string of the molecule is Cc1ccc(CN2[C@@H]3CC[C@@H]2CC(Nc2cccc4cnccc24)C3)cc1OCCO. The molecule has 0 aliphatic carbocycles. The molecule has 0 unspecified atom stereocenters. The molecule has 2 atom stereocenters. The Kier molecular flexibility index (Phi) is 5.79. The van der Waals surface area contributed by atoms with Crippen molar-refractivity contribution in [3.8, 4) is 5.75 Å². The zero-order valence-electron chi connectivity index (χ0n) is 18.1. The zero-order valence-corrected chi connectivity index (χ0v) is 18.1. The van der Waals surface area contributed by atoms with E-state index in [-0.39, 0.29) is 6.61 Å². The number of anilines is 1. The van der Waals surface area contributed by atoms with Gasteiger partial charge < -0.3 is 15.2 Å². The molecule has 5 rings (SSSR count). The quantitative estimate of drug-likeness (QED) is 0.592. The molecule has 31 heavy (non-hydrogen) atoms. The molecule has 0 radical (unpaired) electrons. The number of aliphatic hydroxyl groups excluding tert-OH is 1. The molecule has 5 nitrogen and oxygen atoms in total. The maximum absolute atomic E-state index is 9.07. The third-order valence-corrected chi connectivity index (χ3v) is 6.89.